The van der Waals surface area contributed by atoms with E-state index in [1.807, 2.05) is 0 Å². The second-order valence-electron chi connectivity index (χ2n) is 8.18. The number of amidine groups is 2. The van der Waals surface area contributed by atoms with E-state index in [4.69, 9.17) is 10.2 Å². The summed E-state index contributed by atoms with van der Waals surface area (Å²) >= 11 is 0. The van der Waals surface area contributed by atoms with Gasteiger partial charge in [0, 0.05) is 26.2 Å². The van der Waals surface area contributed by atoms with Gasteiger partial charge in [0.2, 0.25) is 11.8 Å². The molecule has 2 aromatic rings. The summed E-state index contributed by atoms with van der Waals surface area (Å²) in [4.78, 5) is 47.9. The summed E-state index contributed by atoms with van der Waals surface area (Å²) in [6.45, 7) is 9.54. The first-order valence-electron chi connectivity index (χ1n) is 12.5. The van der Waals surface area contributed by atoms with E-state index in [0.717, 1.165) is 30.4 Å². The molecule has 0 amide bonds. The van der Waals surface area contributed by atoms with Crippen molar-refractivity contribution < 1.29 is 36.9 Å². The summed E-state index contributed by atoms with van der Waals surface area (Å²) in [6, 6.07) is 0. The molecule has 0 saturated carbocycles. The van der Waals surface area contributed by atoms with Crippen LogP contribution in [0.5, 0.6) is 11.8 Å². The monoisotopic (exact) mass is 646 g/mol. The minimum Gasteiger partial charge on any atom is -0.513 e. The summed E-state index contributed by atoms with van der Waals surface area (Å²) in [5.41, 5.74) is -3.86. The zero-order chi connectivity index (χ0) is 32.3. The SMILES string of the molecule is CCn1c(O)c(N=NC(=[N-])/C=C(/C)O)c(=O)n(CC)c1=O.CCn1c(O)c(N=NC(=[N-])/C=C(/C)O)c(=O)n(CC)c1=O.[Ni+2]. The number of allylic oxidation sites excluding steroid dienone is 2. The van der Waals surface area contributed by atoms with Gasteiger partial charge in [0.1, 0.15) is 0 Å². The number of hydrogen-bond acceptors (Lipinski definition) is 10. The molecule has 4 N–H and O–H groups in total. The van der Waals surface area contributed by atoms with Gasteiger partial charge in [0.05, 0.1) is 11.5 Å². The molecular weight excluding hydrogens is 615 g/mol. The maximum atomic E-state index is 12.0. The van der Waals surface area contributed by atoms with Gasteiger partial charge in [-0.2, -0.15) is 0 Å². The summed E-state index contributed by atoms with van der Waals surface area (Å²) in [6.07, 6.45) is 1.82. The summed E-state index contributed by atoms with van der Waals surface area (Å²) < 4.78 is 3.70. The first kappa shape index (κ1) is 38.1. The number of azo groups is 2. The molecule has 0 unspecified atom stereocenters. The van der Waals surface area contributed by atoms with Crippen molar-refractivity contribution in [2.45, 2.75) is 67.7 Å². The van der Waals surface area contributed by atoms with Gasteiger partial charge in [-0.1, -0.05) is 0 Å². The Kier molecular flexibility index (Phi) is 15.2. The first-order chi connectivity index (χ1) is 19.7. The topological polar surface area (TPSA) is 263 Å². The molecule has 0 radical (unpaired) electrons. The molecule has 0 saturated heterocycles. The van der Waals surface area contributed by atoms with Crippen molar-refractivity contribution in [1.82, 2.24) is 18.3 Å². The quantitative estimate of drug-likeness (QED) is 0.108. The Bertz CT molecular complexity index is 1580. The smallest absolute Gasteiger partial charge is 0.513 e. The van der Waals surface area contributed by atoms with Gasteiger partial charge in [-0.15, -0.1) is 0 Å². The van der Waals surface area contributed by atoms with Gasteiger partial charge < -0.3 is 41.5 Å². The van der Waals surface area contributed by atoms with Crippen LogP contribution in [0.15, 0.2) is 63.3 Å². The van der Waals surface area contributed by atoms with Crippen molar-refractivity contribution in [3.05, 3.63) is 76.2 Å². The number of hydrogen-bond donors (Lipinski definition) is 4. The van der Waals surface area contributed by atoms with E-state index in [-0.39, 0.29) is 54.2 Å². The zero-order valence-electron chi connectivity index (χ0n) is 24.2. The van der Waals surface area contributed by atoms with Crippen molar-refractivity contribution in [3.63, 3.8) is 0 Å². The molecule has 0 aliphatic carbocycles. The normalized spacial score (nSPS) is 11.8. The van der Waals surface area contributed by atoms with E-state index in [1.165, 1.54) is 13.8 Å². The molecule has 18 nitrogen and oxygen atoms in total. The van der Waals surface area contributed by atoms with Crippen LogP contribution < -0.4 is 22.5 Å². The number of aromatic nitrogens is 4. The van der Waals surface area contributed by atoms with Gasteiger partial charge >= 0.3 is 27.9 Å². The van der Waals surface area contributed by atoms with E-state index >= 15 is 0 Å². The number of aliphatic hydroxyl groups is 2. The van der Waals surface area contributed by atoms with Crippen LogP contribution in [0.2, 0.25) is 0 Å². The molecular formula is C24H32N10NiO8. The van der Waals surface area contributed by atoms with E-state index in [1.54, 1.807) is 27.7 Å². The maximum Gasteiger partial charge on any atom is 2.00 e. The fraction of sp³-hybridized carbons (Fsp3) is 0.417. The Labute approximate surface area is 254 Å². The maximum absolute atomic E-state index is 12.0. The third-order valence-corrected chi connectivity index (χ3v) is 5.20. The molecule has 0 aromatic carbocycles. The molecule has 0 spiro atoms. The van der Waals surface area contributed by atoms with Crippen LogP contribution in [0.4, 0.5) is 11.4 Å². The number of rotatable bonds is 8. The van der Waals surface area contributed by atoms with E-state index < -0.39 is 57.3 Å². The fourth-order valence-corrected chi connectivity index (χ4v) is 3.29. The van der Waals surface area contributed by atoms with E-state index in [0.29, 0.717) is 0 Å². The predicted octanol–water partition coefficient (Wildman–Crippen LogP) is 2.54. The van der Waals surface area contributed by atoms with Gasteiger partial charge in [-0.25, -0.2) is 19.8 Å². The molecule has 0 aliphatic heterocycles. The number of aliphatic hydroxyl groups excluding tert-OH is 2. The molecule has 0 atom stereocenters. The average molecular weight is 647 g/mol. The van der Waals surface area contributed by atoms with Gasteiger partial charge in [-0.05, 0) is 65.4 Å². The van der Waals surface area contributed by atoms with Crippen LogP contribution in [0.1, 0.15) is 41.5 Å². The summed E-state index contributed by atoms with van der Waals surface area (Å²) in [5.74, 6) is -2.96. The van der Waals surface area contributed by atoms with E-state index in [9.17, 15) is 40.2 Å². The Hall–Kier alpha value is -4.93. The van der Waals surface area contributed by atoms with Crippen LogP contribution in [0.25, 0.3) is 10.8 Å². The molecule has 236 valence electrons. The van der Waals surface area contributed by atoms with Gasteiger partial charge in [0.25, 0.3) is 11.1 Å². The second-order valence-corrected chi connectivity index (χ2v) is 8.18. The van der Waals surface area contributed by atoms with Crippen molar-refractivity contribution in [2.24, 2.45) is 20.5 Å². The van der Waals surface area contributed by atoms with Crippen molar-refractivity contribution in [3.8, 4) is 11.8 Å². The minimum atomic E-state index is -0.814. The minimum absolute atomic E-state index is 0. The molecule has 19 heteroatoms. The summed E-state index contributed by atoms with van der Waals surface area (Å²) in [7, 11) is 0. The predicted molar refractivity (Wildman–Crippen MR) is 154 cm³/mol. The van der Waals surface area contributed by atoms with Crippen molar-refractivity contribution >= 4 is 23.0 Å². The molecule has 0 fully saturated rings. The Balaban J connectivity index is 0.000000802. The molecule has 43 heavy (non-hydrogen) atoms. The largest absolute Gasteiger partial charge is 2.00 e. The second kappa shape index (κ2) is 17.1. The van der Waals surface area contributed by atoms with Crippen molar-refractivity contribution in [2.75, 3.05) is 0 Å². The number of nitrogens with zero attached hydrogens (tertiary/aromatic N) is 10. The van der Waals surface area contributed by atoms with Crippen LogP contribution in [0, 0.1) is 0 Å². The molecule has 0 bridgehead atoms. The summed E-state index contributed by atoms with van der Waals surface area (Å²) in [5, 5.41) is 69.9. The molecule has 2 aromatic heterocycles. The first-order valence-corrected chi connectivity index (χ1v) is 12.5. The Morgan fingerprint density at radius 1 is 0.651 bits per heavy atom. The standard InChI is InChI=1S/2C12H16N5O4.Ni/c2*1-4-16-10(19)9(11(20)17(5-2)12(16)21)15-14-8(13)6-7(3)18;/h2*6,18-19H,4-5H2,1-3H3;/q2*-1;+2/b2*7-6-,15-14?;. The van der Waals surface area contributed by atoms with Crippen LogP contribution in [0.3, 0.4) is 0 Å². The van der Waals surface area contributed by atoms with Crippen LogP contribution in [-0.4, -0.2) is 50.4 Å². The fourth-order valence-electron chi connectivity index (χ4n) is 3.29. The van der Waals surface area contributed by atoms with Crippen LogP contribution in [-0.2, 0) is 42.7 Å². The van der Waals surface area contributed by atoms with Crippen LogP contribution >= 0.6 is 0 Å². The number of aromatic hydroxyl groups is 2. The zero-order valence-corrected chi connectivity index (χ0v) is 25.2. The van der Waals surface area contributed by atoms with Gasteiger partial charge in [-0.3, -0.25) is 27.9 Å². The van der Waals surface area contributed by atoms with E-state index in [2.05, 4.69) is 20.5 Å². The average Bonchev–Trinajstić information content (AvgIpc) is 2.89. The molecule has 2 heterocycles. The Morgan fingerprint density at radius 2 is 0.930 bits per heavy atom. The molecule has 2 rings (SSSR count). The van der Waals surface area contributed by atoms with Crippen molar-refractivity contribution in [1.29, 1.82) is 0 Å². The third kappa shape index (κ3) is 9.56. The third-order valence-electron chi connectivity index (χ3n) is 5.20. The van der Waals surface area contributed by atoms with Gasteiger partial charge in [0.15, 0.2) is 11.4 Å². The Morgan fingerprint density at radius 3 is 1.16 bits per heavy atom. The molecule has 0 aliphatic rings.